The smallest absolute Gasteiger partial charge is 0.145 e. The van der Waals surface area contributed by atoms with E-state index in [2.05, 4.69) is 66.8 Å². The first-order chi connectivity index (χ1) is 13.9. The molecule has 0 saturated heterocycles. The Morgan fingerprint density at radius 1 is 0.750 bits per heavy atom. The van der Waals surface area contributed by atoms with Crippen LogP contribution in [0.3, 0.4) is 0 Å². The van der Waals surface area contributed by atoms with Crippen LogP contribution in [0.5, 0.6) is 0 Å². The third kappa shape index (κ3) is 1.66. The van der Waals surface area contributed by atoms with Crippen molar-refractivity contribution in [3.05, 3.63) is 89.0 Å². The van der Waals surface area contributed by atoms with Crippen molar-refractivity contribution in [1.82, 2.24) is 0 Å². The predicted octanol–water partition coefficient (Wildman–Crippen LogP) is 5.56. The van der Waals surface area contributed by atoms with Crippen LogP contribution in [0.15, 0.2) is 82.2 Å². The van der Waals surface area contributed by atoms with E-state index in [-0.39, 0.29) is 0 Å². The molecule has 130 valence electrons. The summed E-state index contributed by atoms with van der Waals surface area (Å²) in [5.41, 5.74) is 6.58. The quantitative estimate of drug-likeness (QED) is 0.349. The Bertz CT molecular complexity index is 1630. The molecule has 0 fully saturated rings. The molecule has 0 bridgehead atoms. The van der Waals surface area contributed by atoms with Crippen LogP contribution < -0.4 is 10.6 Å². The lowest BCUT2D eigenvalue weighted by Gasteiger charge is -2.12. The van der Waals surface area contributed by atoms with Gasteiger partial charge in [0.15, 0.2) is 0 Å². The molecule has 0 amide bonds. The molecule has 0 spiro atoms. The van der Waals surface area contributed by atoms with Gasteiger partial charge < -0.3 is 4.42 Å². The summed E-state index contributed by atoms with van der Waals surface area (Å²) in [6, 6.07) is 21.2. The van der Waals surface area contributed by atoms with Crippen molar-refractivity contribution in [2.75, 3.05) is 0 Å². The van der Waals surface area contributed by atoms with Gasteiger partial charge in [-0.05, 0) is 41.0 Å². The molecule has 0 radical (unpaired) electrons. The van der Waals surface area contributed by atoms with E-state index >= 15 is 0 Å². The molecule has 0 saturated carbocycles. The summed E-state index contributed by atoms with van der Waals surface area (Å²) in [5.74, 6) is 0. The average Bonchev–Trinajstić information content (AvgIpc) is 3.32. The van der Waals surface area contributed by atoms with E-state index in [4.69, 9.17) is 9.41 Å². The molecule has 5 aromatic rings. The van der Waals surface area contributed by atoms with Crippen molar-refractivity contribution in [2.45, 2.75) is 6.42 Å². The largest absolute Gasteiger partial charge is 0.455 e. The van der Waals surface area contributed by atoms with Gasteiger partial charge in [-0.3, -0.25) is 0 Å². The van der Waals surface area contributed by atoms with Gasteiger partial charge in [0.25, 0.3) is 0 Å². The van der Waals surface area contributed by atoms with Gasteiger partial charge >= 0.3 is 0 Å². The molecule has 2 heteroatoms. The standard InChI is InChI=1S/C26H15NO/c1-3-10-18-15(7-1)16-8-2-4-11-19(16)25-23(18)24-21(27-25)14-13-20-17-9-5-6-12-22(17)28-26(20)24/h1-7,9-14H,8H2. The second-order valence-electron chi connectivity index (χ2n) is 7.51. The Hall–Kier alpha value is -3.65. The summed E-state index contributed by atoms with van der Waals surface area (Å²) < 4.78 is 6.36. The van der Waals surface area contributed by atoms with Crippen molar-refractivity contribution in [3.63, 3.8) is 0 Å². The molecule has 4 aromatic carbocycles. The summed E-state index contributed by atoms with van der Waals surface area (Å²) in [6.07, 6.45) is 7.52. The highest BCUT2D eigenvalue weighted by molar-refractivity contribution is 6.15. The molecule has 28 heavy (non-hydrogen) atoms. The zero-order valence-electron chi connectivity index (χ0n) is 15.1. The van der Waals surface area contributed by atoms with Crippen molar-refractivity contribution in [3.8, 4) is 11.1 Å². The molecule has 1 aliphatic heterocycles. The highest BCUT2D eigenvalue weighted by Gasteiger charge is 2.25. The fourth-order valence-corrected chi connectivity index (χ4v) is 4.87. The third-order valence-corrected chi connectivity index (χ3v) is 6.07. The van der Waals surface area contributed by atoms with E-state index < -0.39 is 0 Å². The van der Waals surface area contributed by atoms with Crippen molar-refractivity contribution >= 4 is 44.5 Å². The Morgan fingerprint density at radius 2 is 1.57 bits per heavy atom. The minimum absolute atomic E-state index is 0.927. The number of nitrogens with zero attached hydrogens (tertiary/aromatic N) is 1. The normalized spacial score (nSPS) is 14.0. The molecule has 1 aromatic heterocycles. The van der Waals surface area contributed by atoms with Crippen LogP contribution in [0.25, 0.3) is 49.9 Å². The number of benzene rings is 4. The van der Waals surface area contributed by atoms with Crippen LogP contribution in [0, 0.1) is 0 Å². The number of rotatable bonds is 0. The molecule has 2 heterocycles. The Labute approximate surface area is 160 Å². The Morgan fingerprint density at radius 3 is 2.50 bits per heavy atom. The van der Waals surface area contributed by atoms with Crippen molar-refractivity contribution in [2.24, 2.45) is 4.99 Å². The average molecular weight is 357 g/mol. The number of fused-ring (bicyclic) bond motifs is 12. The van der Waals surface area contributed by atoms with Gasteiger partial charge in [-0.15, -0.1) is 0 Å². The van der Waals surface area contributed by atoms with E-state index in [0.717, 1.165) is 45.0 Å². The lowest BCUT2D eigenvalue weighted by atomic mass is 9.90. The fraction of sp³-hybridized carbons (Fsp3) is 0.0385. The third-order valence-electron chi connectivity index (χ3n) is 6.07. The summed E-state index contributed by atoms with van der Waals surface area (Å²) in [6.45, 7) is 0. The van der Waals surface area contributed by atoms with Crippen molar-refractivity contribution in [1.29, 1.82) is 0 Å². The van der Waals surface area contributed by atoms with Crippen LogP contribution >= 0.6 is 0 Å². The van der Waals surface area contributed by atoms with Crippen LogP contribution in [0.4, 0.5) is 5.69 Å². The van der Waals surface area contributed by atoms with Crippen LogP contribution in [-0.4, -0.2) is 0 Å². The van der Waals surface area contributed by atoms with E-state index in [9.17, 15) is 0 Å². The molecule has 2 aliphatic rings. The second-order valence-corrected chi connectivity index (χ2v) is 7.51. The van der Waals surface area contributed by atoms with Gasteiger partial charge in [0, 0.05) is 21.6 Å². The second kappa shape index (κ2) is 4.99. The van der Waals surface area contributed by atoms with Crippen LogP contribution in [0.2, 0.25) is 0 Å². The Balaban J connectivity index is 1.75. The lowest BCUT2D eigenvalue weighted by molar-refractivity contribution is 0.670. The maximum absolute atomic E-state index is 6.36. The van der Waals surface area contributed by atoms with Crippen molar-refractivity contribution < 1.29 is 4.42 Å². The molecular formula is C26H15NO. The SMILES string of the molecule is C1=CCc2c(c3c(c4ccccc24)-c2c(ccc4c2oc2ccccc24)N=3)=C1. The summed E-state index contributed by atoms with van der Waals surface area (Å²) in [7, 11) is 0. The van der Waals surface area contributed by atoms with Crippen LogP contribution in [0.1, 0.15) is 5.56 Å². The van der Waals surface area contributed by atoms with E-state index in [1.165, 1.54) is 27.1 Å². The summed E-state index contributed by atoms with van der Waals surface area (Å²) >= 11 is 0. The molecule has 7 rings (SSSR count). The minimum Gasteiger partial charge on any atom is -0.455 e. The maximum atomic E-state index is 6.36. The zero-order chi connectivity index (χ0) is 18.2. The van der Waals surface area contributed by atoms with E-state index in [0.29, 0.717) is 0 Å². The molecule has 2 nitrogen and oxygen atoms in total. The maximum Gasteiger partial charge on any atom is 0.145 e. The molecule has 0 atom stereocenters. The number of hydrogen-bond donors (Lipinski definition) is 0. The number of allylic oxidation sites excluding steroid dienone is 2. The fourth-order valence-electron chi connectivity index (χ4n) is 4.87. The van der Waals surface area contributed by atoms with E-state index in [1.54, 1.807) is 0 Å². The molecule has 0 unspecified atom stereocenters. The summed E-state index contributed by atoms with van der Waals surface area (Å²) in [4.78, 5) is 5.07. The minimum atomic E-state index is 0.927. The van der Waals surface area contributed by atoms with Gasteiger partial charge in [0.05, 0.1) is 16.6 Å². The topological polar surface area (TPSA) is 25.5 Å². The number of para-hydroxylation sites is 1. The zero-order valence-corrected chi connectivity index (χ0v) is 15.1. The molecule has 1 aliphatic carbocycles. The first-order valence-corrected chi connectivity index (χ1v) is 9.64. The highest BCUT2D eigenvalue weighted by atomic mass is 16.3. The van der Waals surface area contributed by atoms with Gasteiger partial charge in [-0.25, -0.2) is 4.99 Å². The Kier molecular flexibility index (Phi) is 2.57. The molecular weight excluding hydrogens is 342 g/mol. The van der Waals surface area contributed by atoms with E-state index in [1.807, 2.05) is 12.1 Å². The predicted molar refractivity (Wildman–Crippen MR) is 114 cm³/mol. The monoisotopic (exact) mass is 357 g/mol. The van der Waals surface area contributed by atoms with Crippen LogP contribution in [-0.2, 0) is 6.42 Å². The first kappa shape index (κ1) is 14.4. The highest BCUT2D eigenvalue weighted by Crippen LogP contribution is 2.44. The lowest BCUT2D eigenvalue weighted by Crippen LogP contribution is -2.30. The van der Waals surface area contributed by atoms with Gasteiger partial charge in [-0.1, -0.05) is 60.7 Å². The van der Waals surface area contributed by atoms with Gasteiger partial charge in [-0.2, -0.15) is 0 Å². The number of furan rings is 1. The first-order valence-electron chi connectivity index (χ1n) is 9.64. The number of hydrogen-bond acceptors (Lipinski definition) is 2. The van der Waals surface area contributed by atoms with Gasteiger partial charge in [0.1, 0.15) is 11.2 Å². The molecule has 0 N–H and O–H groups in total. The van der Waals surface area contributed by atoms with Gasteiger partial charge in [0.2, 0.25) is 0 Å². The summed E-state index contributed by atoms with van der Waals surface area (Å²) in [5, 5.41) is 7.22.